The third kappa shape index (κ3) is 2.02. The molecule has 1 saturated carbocycles. The minimum atomic E-state index is 0.284. The SMILES string of the molecule is N#CCCCn1c(C2CCC2)nc2cc3c(cc21)OCO3. The van der Waals surface area contributed by atoms with Gasteiger partial charge in [0, 0.05) is 31.0 Å². The van der Waals surface area contributed by atoms with E-state index < -0.39 is 0 Å². The molecule has 0 atom stereocenters. The summed E-state index contributed by atoms with van der Waals surface area (Å²) in [6.45, 7) is 1.13. The number of nitriles is 1. The van der Waals surface area contributed by atoms with Crippen molar-refractivity contribution in [1.29, 1.82) is 5.26 Å². The molecule has 0 amide bonds. The lowest BCUT2D eigenvalue weighted by molar-refractivity contribution is 0.174. The van der Waals surface area contributed by atoms with Crippen LogP contribution >= 0.6 is 0 Å². The van der Waals surface area contributed by atoms with E-state index in [0.717, 1.165) is 41.3 Å². The molecule has 5 nitrogen and oxygen atoms in total. The summed E-state index contributed by atoms with van der Waals surface area (Å²) in [6, 6.07) is 6.22. The smallest absolute Gasteiger partial charge is 0.231 e. The van der Waals surface area contributed by atoms with Crippen molar-refractivity contribution >= 4 is 11.0 Å². The molecule has 1 aromatic carbocycles. The zero-order valence-corrected chi connectivity index (χ0v) is 11.8. The highest BCUT2D eigenvalue weighted by Crippen LogP contribution is 2.40. The van der Waals surface area contributed by atoms with E-state index >= 15 is 0 Å². The van der Waals surface area contributed by atoms with Crippen molar-refractivity contribution in [2.45, 2.75) is 44.6 Å². The molecule has 2 aromatic rings. The molecule has 0 N–H and O–H groups in total. The summed E-state index contributed by atoms with van der Waals surface area (Å²) in [7, 11) is 0. The van der Waals surface area contributed by atoms with Crippen LogP contribution in [0.3, 0.4) is 0 Å². The number of hydrogen-bond donors (Lipinski definition) is 0. The molecule has 0 bridgehead atoms. The number of aryl methyl sites for hydroxylation is 1. The van der Waals surface area contributed by atoms with Crippen LogP contribution in [0.15, 0.2) is 12.1 Å². The monoisotopic (exact) mass is 283 g/mol. The summed E-state index contributed by atoms with van der Waals surface area (Å²) < 4.78 is 13.2. The van der Waals surface area contributed by atoms with E-state index in [-0.39, 0.29) is 6.79 Å². The number of hydrogen-bond acceptors (Lipinski definition) is 4. The van der Waals surface area contributed by atoms with Crippen LogP contribution in [0.4, 0.5) is 0 Å². The van der Waals surface area contributed by atoms with E-state index in [1.807, 2.05) is 12.1 Å². The Morgan fingerprint density at radius 3 is 2.81 bits per heavy atom. The van der Waals surface area contributed by atoms with Crippen LogP contribution in [0.1, 0.15) is 43.8 Å². The molecular weight excluding hydrogens is 266 g/mol. The molecule has 108 valence electrons. The molecule has 1 aliphatic carbocycles. The fraction of sp³-hybridized carbons (Fsp3) is 0.500. The second-order valence-electron chi connectivity index (χ2n) is 5.71. The molecular formula is C16H17N3O2. The molecule has 4 rings (SSSR count). The normalized spacial score (nSPS) is 16.9. The van der Waals surface area contributed by atoms with Crippen LogP contribution in [0.2, 0.25) is 0 Å². The van der Waals surface area contributed by atoms with E-state index in [2.05, 4.69) is 10.6 Å². The maximum atomic E-state index is 8.76. The third-order valence-electron chi connectivity index (χ3n) is 4.41. The van der Waals surface area contributed by atoms with Gasteiger partial charge in [-0.05, 0) is 19.3 Å². The summed E-state index contributed by atoms with van der Waals surface area (Å²) in [5.74, 6) is 3.31. The summed E-state index contributed by atoms with van der Waals surface area (Å²) >= 11 is 0. The van der Waals surface area contributed by atoms with Crippen LogP contribution in [-0.2, 0) is 6.54 Å². The third-order valence-corrected chi connectivity index (χ3v) is 4.41. The molecule has 0 unspecified atom stereocenters. The summed E-state index contributed by atoms with van der Waals surface area (Å²) in [4.78, 5) is 4.84. The van der Waals surface area contributed by atoms with Gasteiger partial charge in [-0.1, -0.05) is 6.42 Å². The van der Waals surface area contributed by atoms with Crippen LogP contribution in [0.25, 0.3) is 11.0 Å². The van der Waals surface area contributed by atoms with Gasteiger partial charge in [0.25, 0.3) is 0 Å². The van der Waals surface area contributed by atoms with E-state index in [4.69, 9.17) is 19.7 Å². The second-order valence-corrected chi connectivity index (χ2v) is 5.71. The number of imidazole rings is 1. The van der Waals surface area contributed by atoms with Gasteiger partial charge >= 0.3 is 0 Å². The van der Waals surface area contributed by atoms with Gasteiger partial charge in [-0.25, -0.2) is 4.98 Å². The van der Waals surface area contributed by atoms with Crippen molar-refractivity contribution in [3.8, 4) is 17.6 Å². The molecule has 2 aliphatic rings. The molecule has 1 fully saturated rings. The Hall–Kier alpha value is -2.22. The van der Waals surface area contributed by atoms with E-state index in [0.29, 0.717) is 12.3 Å². The highest BCUT2D eigenvalue weighted by molar-refractivity contribution is 5.81. The van der Waals surface area contributed by atoms with Gasteiger partial charge in [-0.3, -0.25) is 0 Å². The average Bonchev–Trinajstić information content (AvgIpc) is 2.99. The zero-order valence-electron chi connectivity index (χ0n) is 11.8. The Morgan fingerprint density at radius 1 is 1.29 bits per heavy atom. The Bertz CT molecular complexity index is 725. The number of aromatic nitrogens is 2. The maximum absolute atomic E-state index is 8.76. The predicted molar refractivity (Wildman–Crippen MR) is 77.3 cm³/mol. The van der Waals surface area contributed by atoms with Gasteiger partial charge in [0.1, 0.15) is 5.82 Å². The first kappa shape index (κ1) is 12.5. The van der Waals surface area contributed by atoms with Crippen LogP contribution in [-0.4, -0.2) is 16.3 Å². The highest BCUT2D eigenvalue weighted by atomic mass is 16.7. The Labute approximate surface area is 123 Å². The number of rotatable bonds is 4. The molecule has 0 saturated heterocycles. The average molecular weight is 283 g/mol. The minimum Gasteiger partial charge on any atom is -0.454 e. The van der Waals surface area contributed by atoms with Gasteiger partial charge in [-0.2, -0.15) is 5.26 Å². The number of ether oxygens (including phenoxy) is 2. The van der Waals surface area contributed by atoms with Crippen LogP contribution in [0.5, 0.6) is 11.5 Å². The topological polar surface area (TPSA) is 60.1 Å². The number of unbranched alkanes of at least 4 members (excludes halogenated alkanes) is 1. The van der Waals surface area contributed by atoms with Crippen LogP contribution < -0.4 is 9.47 Å². The predicted octanol–water partition coefficient (Wildman–Crippen LogP) is 3.34. The van der Waals surface area contributed by atoms with Crippen LogP contribution in [0, 0.1) is 11.3 Å². The Balaban J connectivity index is 1.79. The molecule has 5 heteroatoms. The Kier molecular flexibility index (Phi) is 2.95. The molecule has 1 aliphatic heterocycles. The molecule has 1 aromatic heterocycles. The van der Waals surface area contributed by atoms with Crippen molar-refractivity contribution in [2.75, 3.05) is 6.79 Å². The largest absolute Gasteiger partial charge is 0.454 e. The molecule has 0 radical (unpaired) electrons. The second kappa shape index (κ2) is 4.96. The quantitative estimate of drug-likeness (QED) is 0.807. The van der Waals surface area contributed by atoms with Gasteiger partial charge in [0.05, 0.1) is 17.1 Å². The molecule has 2 heterocycles. The van der Waals surface area contributed by atoms with Gasteiger partial charge in [0.15, 0.2) is 11.5 Å². The Morgan fingerprint density at radius 2 is 2.10 bits per heavy atom. The summed E-state index contributed by atoms with van der Waals surface area (Å²) in [6.07, 6.45) is 5.15. The first-order chi connectivity index (χ1) is 10.4. The molecule has 21 heavy (non-hydrogen) atoms. The van der Waals surface area contributed by atoms with Crippen molar-refractivity contribution < 1.29 is 9.47 Å². The number of benzene rings is 1. The number of nitrogens with zero attached hydrogens (tertiary/aromatic N) is 3. The highest BCUT2D eigenvalue weighted by Gasteiger charge is 2.27. The lowest BCUT2D eigenvalue weighted by Crippen LogP contribution is -2.15. The summed E-state index contributed by atoms with van der Waals surface area (Å²) in [5, 5.41) is 8.76. The van der Waals surface area contributed by atoms with Gasteiger partial charge in [-0.15, -0.1) is 0 Å². The fourth-order valence-corrected chi connectivity index (χ4v) is 3.06. The van der Waals surface area contributed by atoms with Crippen molar-refractivity contribution in [3.05, 3.63) is 18.0 Å². The first-order valence-corrected chi connectivity index (χ1v) is 7.53. The van der Waals surface area contributed by atoms with E-state index in [9.17, 15) is 0 Å². The van der Waals surface area contributed by atoms with Crippen molar-refractivity contribution in [1.82, 2.24) is 9.55 Å². The van der Waals surface area contributed by atoms with Crippen molar-refractivity contribution in [3.63, 3.8) is 0 Å². The lowest BCUT2D eigenvalue weighted by Gasteiger charge is -2.25. The van der Waals surface area contributed by atoms with E-state index in [1.165, 1.54) is 19.3 Å². The fourth-order valence-electron chi connectivity index (χ4n) is 3.06. The summed E-state index contributed by atoms with van der Waals surface area (Å²) in [5.41, 5.74) is 2.07. The first-order valence-electron chi connectivity index (χ1n) is 7.53. The molecule has 0 spiro atoms. The zero-order chi connectivity index (χ0) is 14.2. The van der Waals surface area contributed by atoms with Gasteiger partial charge in [0.2, 0.25) is 6.79 Å². The maximum Gasteiger partial charge on any atom is 0.231 e. The minimum absolute atomic E-state index is 0.284. The van der Waals surface area contributed by atoms with Gasteiger partial charge < -0.3 is 14.0 Å². The number of fused-ring (bicyclic) bond motifs is 2. The lowest BCUT2D eigenvalue weighted by atomic mass is 9.85. The standard InChI is InChI=1S/C16H17N3O2/c17-6-1-2-7-19-13-9-15-14(20-10-21-15)8-12(13)18-16(19)11-4-3-5-11/h8-9,11H,1-5,7,10H2. The van der Waals surface area contributed by atoms with E-state index in [1.54, 1.807) is 0 Å². The van der Waals surface area contributed by atoms with Crippen molar-refractivity contribution in [2.24, 2.45) is 0 Å².